The van der Waals surface area contributed by atoms with Crippen LogP contribution in [-0.2, 0) is 0 Å². The molecule has 1 aliphatic carbocycles. The molecule has 1 atom stereocenters. The van der Waals surface area contributed by atoms with Crippen molar-refractivity contribution in [3.05, 3.63) is 0 Å². The Kier molecular flexibility index (Phi) is 7.41. The Bertz CT molecular complexity index is 392. The number of hydrogen-bond acceptors (Lipinski definition) is 3. The summed E-state index contributed by atoms with van der Waals surface area (Å²) in [4.78, 5) is 9.48. The molecule has 0 amide bonds. The molecule has 3 aliphatic rings. The fourth-order valence-corrected chi connectivity index (χ4v) is 4.30. The summed E-state index contributed by atoms with van der Waals surface area (Å²) in [6, 6.07) is 0.688. The lowest BCUT2D eigenvalue weighted by Crippen LogP contribution is -2.48. The van der Waals surface area contributed by atoms with Gasteiger partial charge in [0.05, 0.1) is 5.60 Å². The van der Waals surface area contributed by atoms with Gasteiger partial charge in [-0.3, -0.25) is 9.89 Å². The van der Waals surface area contributed by atoms with Crippen LogP contribution in [0.2, 0.25) is 0 Å². The summed E-state index contributed by atoms with van der Waals surface area (Å²) < 4.78 is 0. The first-order chi connectivity index (χ1) is 10.7. The minimum absolute atomic E-state index is 0. The van der Waals surface area contributed by atoms with Gasteiger partial charge in [-0.05, 0) is 45.2 Å². The summed E-state index contributed by atoms with van der Waals surface area (Å²) in [5, 5.41) is 13.9. The zero-order valence-electron chi connectivity index (χ0n) is 14.5. The maximum absolute atomic E-state index is 10.5. The first kappa shape index (κ1) is 19.2. The van der Waals surface area contributed by atoms with E-state index in [0.717, 1.165) is 44.7 Å². The molecule has 3 fully saturated rings. The van der Waals surface area contributed by atoms with Crippen LogP contribution in [0.4, 0.5) is 0 Å². The third-order valence-corrected chi connectivity index (χ3v) is 5.69. The molecule has 0 spiro atoms. The van der Waals surface area contributed by atoms with Crippen molar-refractivity contribution in [1.29, 1.82) is 0 Å². The van der Waals surface area contributed by atoms with Crippen LogP contribution in [0.1, 0.15) is 51.4 Å². The van der Waals surface area contributed by atoms with Gasteiger partial charge >= 0.3 is 0 Å². The lowest BCUT2D eigenvalue weighted by molar-refractivity contribution is 0.0516. The number of likely N-dealkylation sites (tertiary alicyclic amines) is 2. The molecule has 0 aromatic carbocycles. The van der Waals surface area contributed by atoms with Crippen LogP contribution in [0, 0.1) is 0 Å². The first-order valence-electron chi connectivity index (χ1n) is 9.12. The fourth-order valence-electron chi connectivity index (χ4n) is 4.30. The van der Waals surface area contributed by atoms with Crippen molar-refractivity contribution in [2.24, 2.45) is 4.99 Å². The number of aliphatic imine (C=N–C) groups is 1. The second-order valence-corrected chi connectivity index (χ2v) is 7.32. The summed E-state index contributed by atoms with van der Waals surface area (Å²) in [5.41, 5.74) is -0.512. The molecular weight excluding hydrogens is 403 g/mol. The van der Waals surface area contributed by atoms with Gasteiger partial charge in [-0.15, -0.1) is 24.0 Å². The predicted octanol–water partition coefficient (Wildman–Crippen LogP) is 2.05. The van der Waals surface area contributed by atoms with Crippen molar-refractivity contribution in [1.82, 2.24) is 15.1 Å². The Balaban J connectivity index is 0.00000192. The normalized spacial score (nSPS) is 28.7. The quantitative estimate of drug-likeness (QED) is 0.404. The van der Waals surface area contributed by atoms with Crippen LogP contribution in [0.3, 0.4) is 0 Å². The molecule has 0 aromatic heterocycles. The standard InChI is InChI=1S/C17H32N4O.HI/c1-18-16(19-14-17(22)8-3-4-9-17)21-12-7-15(13-21)20-10-5-2-6-11-20;/h15,22H,2-14H2,1H3,(H,18,19);1H. The number of rotatable bonds is 3. The van der Waals surface area contributed by atoms with Crippen LogP contribution < -0.4 is 5.32 Å². The van der Waals surface area contributed by atoms with E-state index in [1.54, 1.807) is 0 Å². The molecule has 2 saturated heterocycles. The lowest BCUT2D eigenvalue weighted by atomic mass is 10.0. The second-order valence-electron chi connectivity index (χ2n) is 7.32. The Morgan fingerprint density at radius 2 is 1.83 bits per heavy atom. The zero-order valence-corrected chi connectivity index (χ0v) is 16.8. The monoisotopic (exact) mass is 436 g/mol. The molecule has 0 bridgehead atoms. The third-order valence-electron chi connectivity index (χ3n) is 5.69. The maximum Gasteiger partial charge on any atom is 0.193 e. The molecule has 2 N–H and O–H groups in total. The highest BCUT2D eigenvalue weighted by atomic mass is 127. The number of nitrogens with zero attached hydrogens (tertiary/aromatic N) is 3. The highest BCUT2D eigenvalue weighted by molar-refractivity contribution is 14.0. The number of hydrogen-bond donors (Lipinski definition) is 2. The number of nitrogens with one attached hydrogen (secondary N) is 1. The summed E-state index contributed by atoms with van der Waals surface area (Å²) >= 11 is 0. The topological polar surface area (TPSA) is 51.1 Å². The largest absolute Gasteiger partial charge is 0.388 e. The van der Waals surface area contributed by atoms with Gasteiger partial charge in [0.1, 0.15) is 0 Å². The van der Waals surface area contributed by atoms with Crippen LogP contribution in [0.15, 0.2) is 4.99 Å². The highest BCUT2D eigenvalue weighted by Gasteiger charge is 2.33. The van der Waals surface area contributed by atoms with Crippen molar-refractivity contribution in [2.75, 3.05) is 39.8 Å². The van der Waals surface area contributed by atoms with Gasteiger partial charge in [-0.25, -0.2) is 0 Å². The zero-order chi connectivity index (χ0) is 15.4. The van der Waals surface area contributed by atoms with E-state index < -0.39 is 5.60 Å². The van der Waals surface area contributed by atoms with Gasteiger partial charge in [-0.1, -0.05) is 19.3 Å². The molecule has 134 valence electrons. The minimum atomic E-state index is -0.512. The maximum atomic E-state index is 10.5. The van der Waals surface area contributed by atoms with E-state index in [0.29, 0.717) is 12.6 Å². The van der Waals surface area contributed by atoms with Crippen molar-refractivity contribution in [2.45, 2.75) is 63.0 Å². The average molecular weight is 436 g/mol. The highest BCUT2D eigenvalue weighted by Crippen LogP contribution is 2.28. The minimum Gasteiger partial charge on any atom is -0.388 e. The van der Waals surface area contributed by atoms with Gasteiger partial charge in [0.25, 0.3) is 0 Å². The summed E-state index contributed by atoms with van der Waals surface area (Å²) in [5.74, 6) is 0.972. The fraction of sp³-hybridized carbons (Fsp3) is 0.941. The van der Waals surface area contributed by atoms with Crippen LogP contribution in [-0.4, -0.2) is 72.3 Å². The van der Waals surface area contributed by atoms with E-state index in [-0.39, 0.29) is 24.0 Å². The Morgan fingerprint density at radius 3 is 2.48 bits per heavy atom. The van der Waals surface area contributed by atoms with E-state index >= 15 is 0 Å². The molecule has 6 heteroatoms. The van der Waals surface area contributed by atoms with E-state index in [9.17, 15) is 5.11 Å². The predicted molar refractivity (Wildman–Crippen MR) is 106 cm³/mol. The van der Waals surface area contributed by atoms with Crippen LogP contribution in [0.5, 0.6) is 0 Å². The number of guanidine groups is 1. The Morgan fingerprint density at radius 1 is 1.13 bits per heavy atom. The van der Waals surface area contributed by atoms with Crippen molar-refractivity contribution >= 4 is 29.9 Å². The average Bonchev–Trinajstić information content (AvgIpc) is 3.19. The molecule has 2 aliphatic heterocycles. The Hall–Kier alpha value is -0.0800. The molecule has 3 rings (SSSR count). The molecular formula is C17H33IN4O. The molecule has 0 aromatic rings. The first-order valence-corrected chi connectivity index (χ1v) is 9.12. The number of piperidine rings is 1. The van der Waals surface area contributed by atoms with Gasteiger partial charge in [0.2, 0.25) is 0 Å². The van der Waals surface area contributed by atoms with E-state index in [1.807, 2.05) is 7.05 Å². The third kappa shape index (κ3) is 4.95. The molecule has 0 radical (unpaired) electrons. The van der Waals surface area contributed by atoms with E-state index in [2.05, 4.69) is 20.1 Å². The molecule has 23 heavy (non-hydrogen) atoms. The van der Waals surface area contributed by atoms with Crippen molar-refractivity contribution < 1.29 is 5.11 Å². The van der Waals surface area contributed by atoms with Gasteiger partial charge in [0.15, 0.2) is 5.96 Å². The van der Waals surface area contributed by atoms with Gasteiger partial charge < -0.3 is 15.3 Å². The molecule has 5 nitrogen and oxygen atoms in total. The van der Waals surface area contributed by atoms with E-state index in [1.165, 1.54) is 38.8 Å². The molecule has 2 heterocycles. The van der Waals surface area contributed by atoms with Crippen LogP contribution in [0.25, 0.3) is 0 Å². The molecule has 1 saturated carbocycles. The van der Waals surface area contributed by atoms with Gasteiger partial charge in [-0.2, -0.15) is 0 Å². The van der Waals surface area contributed by atoms with Crippen molar-refractivity contribution in [3.8, 4) is 0 Å². The molecule has 1 unspecified atom stereocenters. The van der Waals surface area contributed by atoms with Crippen LogP contribution >= 0.6 is 24.0 Å². The van der Waals surface area contributed by atoms with Gasteiger partial charge in [0, 0.05) is 32.7 Å². The second kappa shape index (κ2) is 8.85. The smallest absolute Gasteiger partial charge is 0.193 e. The Labute approximate surface area is 157 Å². The lowest BCUT2D eigenvalue weighted by Gasteiger charge is -2.32. The summed E-state index contributed by atoms with van der Waals surface area (Å²) in [7, 11) is 1.86. The van der Waals surface area contributed by atoms with Crippen molar-refractivity contribution in [3.63, 3.8) is 0 Å². The van der Waals surface area contributed by atoms with E-state index in [4.69, 9.17) is 0 Å². The number of aliphatic hydroxyl groups is 1. The summed E-state index contributed by atoms with van der Waals surface area (Å²) in [6.45, 7) is 5.34. The SMILES string of the molecule is CN=C(NCC1(O)CCCC1)N1CCC(N2CCCCC2)C1.I. The number of halogens is 1. The summed E-state index contributed by atoms with van der Waals surface area (Å²) in [6.07, 6.45) is 9.50.